The van der Waals surface area contributed by atoms with E-state index in [0.717, 1.165) is 0 Å². The second kappa shape index (κ2) is 7.92. The average molecular weight is 320 g/mol. The molecule has 7 nitrogen and oxygen atoms in total. The van der Waals surface area contributed by atoms with Crippen LogP contribution in [0.25, 0.3) is 5.69 Å². The third-order valence-electron chi connectivity index (χ3n) is 2.88. The summed E-state index contributed by atoms with van der Waals surface area (Å²) in [7, 11) is 0. The summed E-state index contributed by atoms with van der Waals surface area (Å²) in [6.07, 6.45) is 2.65. The predicted octanol–water partition coefficient (Wildman–Crippen LogP) is 2.09. The van der Waals surface area contributed by atoms with Gasteiger partial charge in [0.15, 0.2) is 5.82 Å². The quantitative estimate of drug-likeness (QED) is 0.853. The molecular weight excluding hydrogens is 303 g/mol. The maximum atomic E-state index is 14.0. The predicted molar refractivity (Wildman–Crippen MR) is 81.8 cm³/mol. The molecule has 0 spiro atoms. The van der Waals surface area contributed by atoms with E-state index < -0.39 is 11.9 Å². The first-order valence-electron chi connectivity index (χ1n) is 7.10. The van der Waals surface area contributed by atoms with Crippen LogP contribution in [0.2, 0.25) is 0 Å². The van der Waals surface area contributed by atoms with Crippen molar-refractivity contribution in [2.75, 3.05) is 18.5 Å². The molecule has 23 heavy (non-hydrogen) atoms. The number of carbonyl (C=O) groups is 2. The molecule has 0 aliphatic heterocycles. The monoisotopic (exact) mass is 320 g/mol. The van der Waals surface area contributed by atoms with Crippen LogP contribution in [0, 0.1) is 5.82 Å². The van der Waals surface area contributed by atoms with Gasteiger partial charge in [-0.25, -0.2) is 13.9 Å². The first-order chi connectivity index (χ1) is 11.1. The first kappa shape index (κ1) is 16.5. The number of anilines is 1. The molecule has 122 valence electrons. The standard InChI is InChI=1S/C15H17FN4O3/c1-2-23-15(22)17-8-6-14(21)19-11-4-5-13(12(16)10-11)20-9-3-7-18-20/h3-5,7,9-10H,2,6,8H2,1H3,(H,17,22)(H,19,21). The highest BCUT2D eigenvalue weighted by molar-refractivity contribution is 5.91. The minimum atomic E-state index is -0.574. The number of rotatable bonds is 6. The summed E-state index contributed by atoms with van der Waals surface area (Å²) in [4.78, 5) is 22.8. The third-order valence-corrected chi connectivity index (χ3v) is 2.88. The van der Waals surface area contributed by atoms with E-state index in [2.05, 4.69) is 20.5 Å². The fraction of sp³-hybridized carbons (Fsp3) is 0.267. The topological polar surface area (TPSA) is 85.2 Å². The second-order valence-electron chi connectivity index (χ2n) is 4.56. The van der Waals surface area contributed by atoms with Crippen molar-refractivity contribution in [1.29, 1.82) is 0 Å². The van der Waals surface area contributed by atoms with Crippen molar-refractivity contribution in [3.05, 3.63) is 42.5 Å². The number of carbonyl (C=O) groups excluding carboxylic acids is 2. The third kappa shape index (κ3) is 4.80. The lowest BCUT2D eigenvalue weighted by atomic mass is 10.2. The lowest BCUT2D eigenvalue weighted by Crippen LogP contribution is -2.28. The number of nitrogens with one attached hydrogen (secondary N) is 2. The van der Waals surface area contributed by atoms with Gasteiger partial charge < -0.3 is 15.4 Å². The summed E-state index contributed by atoms with van der Waals surface area (Å²) in [5, 5.41) is 8.94. The van der Waals surface area contributed by atoms with Gasteiger partial charge in [0, 0.05) is 31.0 Å². The molecule has 2 rings (SSSR count). The maximum Gasteiger partial charge on any atom is 0.407 e. The van der Waals surface area contributed by atoms with Gasteiger partial charge in [0.1, 0.15) is 5.69 Å². The van der Waals surface area contributed by atoms with Gasteiger partial charge in [0.05, 0.1) is 6.61 Å². The summed E-state index contributed by atoms with van der Waals surface area (Å²) in [6, 6.07) is 6.00. The zero-order chi connectivity index (χ0) is 16.7. The molecular formula is C15H17FN4O3. The Kier molecular flexibility index (Phi) is 5.67. The lowest BCUT2D eigenvalue weighted by molar-refractivity contribution is -0.116. The Balaban J connectivity index is 1.87. The molecule has 0 fully saturated rings. The highest BCUT2D eigenvalue weighted by atomic mass is 19.1. The molecule has 1 aromatic carbocycles. The molecule has 8 heteroatoms. The van der Waals surface area contributed by atoms with Gasteiger partial charge >= 0.3 is 6.09 Å². The van der Waals surface area contributed by atoms with Crippen molar-refractivity contribution in [3.8, 4) is 5.69 Å². The Morgan fingerprint density at radius 1 is 1.39 bits per heavy atom. The van der Waals surface area contributed by atoms with E-state index in [-0.39, 0.29) is 31.2 Å². The molecule has 0 atom stereocenters. The summed E-state index contributed by atoms with van der Waals surface area (Å²) in [6.45, 7) is 2.09. The largest absolute Gasteiger partial charge is 0.450 e. The van der Waals surface area contributed by atoms with Crippen LogP contribution in [-0.2, 0) is 9.53 Å². The lowest BCUT2D eigenvalue weighted by Gasteiger charge is -2.09. The van der Waals surface area contributed by atoms with Crippen LogP contribution in [-0.4, -0.2) is 34.9 Å². The summed E-state index contributed by atoms with van der Waals surface area (Å²) in [5.74, 6) is -0.843. The van der Waals surface area contributed by atoms with Crippen molar-refractivity contribution < 1.29 is 18.7 Å². The number of hydrogen-bond acceptors (Lipinski definition) is 4. The van der Waals surface area contributed by atoms with Crippen LogP contribution < -0.4 is 10.6 Å². The van der Waals surface area contributed by atoms with E-state index in [9.17, 15) is 14.0 Å². The van der Waals surface area contributed by atoms with Gasteiger partial charge in [-0.1, -0.05) is 0 Å². The number of amides is 2. The van der Waals surface area contributed by atoms with Gasteiger partial charge in [0.2, 0.25) is 5.91 Å². The molecule has 2 amide bonds. The van der Waals surface area contributed by atoms with E-state index in [1.807, 2.05) is 0 Å². The molecule has 2 N–H and O–H groups in total. The zero-order valence-corrected chi connectivity index (χ0v) is 12.6. The number of alkyl carbamates (subject to hydrolysis) is 1. The first-order valence-corrected chi connectivity index (χ1v) is 7.10. The van der Waals surface area contributed by atoms with Crippen LogP contribution in [0.4, 0.5) is 14.9 Å². The van der Waals surface area contributed by atoms with E-state index in [0.29, 0.717) is 5.69 Å². The molecule has 0 bridgehead atoms. The van der Waals surface area contributed by atoms with Gasteiger partial charge in [-0.2, -0.15) is 5.10 Å². The van der Waals surface area contributed by atoms with Crippen molar-refractivity contribution in [3.63, 3.8) is 0 Å². The summed E-state index contributed by atoms with van der Waals surface area (Å²) in [5.41, 5.74) is 0.622. The molecule has 0 unspecified atom stereocenters. The molecule has 2 aromatic rings. The Morgan fingerprint density at radius 3 is 2.87 bits per heavy atom. The van der Waals surface area contributed by atoms with Gasteiger partial charge in [-0.15, -0.1) is 0 Å². The Labute approximate surface area is 132 Å². The molecule has 1 aromatic heterocycles. The van der Waals surface area contributed by atoms with Gasteiger partial charge in [0.25, 0.3) is 0 Å². The van der Waals surface area contributed by atoms with Crippen LogP contribution >= 0.6 is 0 Å². The molecule has 1 heterocycles. The van der Waals surface area contributed by atoms with E-state index in [1.165, 1.54) is 16.8 Å². The van der Waals surface area contributed by atoms with Crippen LogP contribution in [0.1, 0.15) is 13.3 Å². The fourth-order valence-electron chi connectivity index (χ4n) is 1.87. The van der Waals surface area contributed by atoms with E-state index >= 15 is 0 Å². The van der Waals surface area contributed by atoms with Crippen LogP contribution in [0.15, 0.2) is 36.7 Å². The smallest absolute Gasteiger partial charge is 0.407 e. The minimum absolute atomic E-state index is 0.0569. The molecule has 0 saturated heterocycles. The summed E-state index contributed by atoms with van der Waals surface area (Å²) < 4.78 is 20.1. The maximum absolute atomic E-state index is 14.0. The average Bonchev–Trinajstić information content (AvgIpc) is 3.01. The Bertz CT molecular complexity index is 673. The number of aromatic nitrogens is 2. The number of halogens is 1. The number of benzene rings is 1. The number of ether oxygens (including phenoxy) is 1. The van der Waals surface area contributed by atoms with E-state index in [1.54, 1.807) is 31.5 Å². The van der Waals surface area contributed by atoms with E-state index in [4.69, 9.17) is 0 Å². The van der Waals surface area contributed by atoms with Gasteiger partial charge in [-0.3, -0.25) is 4.79 Å². The fourth-order valence-corrected chi connectivity index (χ4v) is 1.87. The molecule has 0 aliphatic rings. The minimum Gasteiger partial charge on any atom is -0.450 e. The second-order valence-corrected chi connectivity index (χ2v) is 4.56. The number of nitrogens with zero attached hydrogens (tertiary/aromatic N) is 2. The highest BCUT2D eigenvalue weighted by Crippen LogP contribution is 2.17. The highest BCUT2D eigenvalue weighted by Gasteiger charge is 2.09. The SMILES string of the molecule is CCOC(=O)NCCC(=O)Nc1ccc(-n2cccn2)c(F)c1. The van der Waals surface area contributed by atoms with Crippen molar-refractivity contribution in [2.45, 2.75) is 13.3 Å². The van der Waals surface area contributed by atoms with Crippen LogP contribution in [0.5, 0.6) is 0 Å². The van der Waals surface area contributed by atoms with Crippen LogP contribution in [0.3, 0.4) is 0 Å². The zero-order valence-electron chi connectivity index (χ0n) is 12.6. The normalized spacial score (nSPS) is 10.2. The summed E-state index contributed by atoms with van der Waals surface area (Å²) >= 11 is 0. The van der Waals surface area contributed by atoms with Crippen molar-refractivity contribution >= 4 is 17.7 Å². The molecule has 0 radical (unpaired) electrons. The van der Waals surface area contributed by atoms with Crippen molar-refractivity contribution in [2.24, 2.45) is 0 Å². The Hall–Kier alpha value is -2.90. The molecule has 0 aliphatic carbocycles. The molecule has 0 saturated carbocycles. The van der Waals surface area contributed by atoms with Gasteiger partial charge in [-0.05, 0) is 31.2 Å². The van der Waals surface area contributed by atoms with Crippen molar-refractivity contribution in [1.82, 2.24) is 15.1 Å². The Morgan fingerprint density at radius 2 is 2.22 bits per heavy atom. The number of hydrogen-bond donors (Lipinski definition) is 2.